The van der Waals surface area contributed by atoms with Crippen molar-refractivity contribution in [3.63, 3.8) is 0 Å². The van der Waals surface area contributed by atoms with E-state index in [9.17, 15) is 0 Å². The third kappa shape index (κ3) is 0.904. The lowest BCUT2D eigenvalue weighted by Crippen LogP contribution is -1.61. The van der Waals surface area contributed by atoms with Crippen LogP contribution in [-0.4, -0.2) is 13.1 Å². The first-order valence-corrected chi connectivity index (χ1v) is 2.23. The number of phenolic OH excluding ortho intramolecular Hbond substituents is 2. The molecule has 1 rings (SSSR count). The van der Waals surface area contributed by atoms with Gasteiger partial charge in [-0.05, 0) is 12.1 Å². The average Bonchev–Trinajstić information content (AvgIpc) is 2.05. The topological polar surface area (TPSA) is 40.5 Å². The van der Waals surface area contributed by atoms with Crippen molar-refractivity contribution in [2.75, 3.05) is 0 Å². The van der Waals surface area contributed by atoms with Crippen LogP contribution in [0.2, 0.25) is 0 Å². The molecule has 0 aromatic heterocycles. The van der Waals surface area contributed by atoms with Crippen molar-refractivity contribution in [2.45, 2.75) is 0 Å². The largest absolute Gasteiger partial charge is 0.508 e. The Kier molecular flexibility index (Phi) is 0.645. The van der Waals surface area contributed by atoms with E-state index in [1.54, 1.807) is 18.2 Å². The lowest BCUT2D eigenvalue weighted by Gasteiger charge is -1.89. The van der Waals surface area contributed by atoms with Gasteiger partial charge in [-0.25, -0.2) is 0 Å². The van der Waals surface area contributed by atoms with Crippen molar-refractivity contribution in [2.24, 2.45) is 0 Å². The lowest BCUT2D eigenvalue weighted by atomic mass is 10.3. The molecule has 2 N–H and O–H groups in total. The van der Waals surface area contributed by atoms with Crippen LogP contribution in [0.1, 0.15) is 0 Å². The molecule has 0 heterocycles. The minimum Gasteiger partial charge on any atom is -0.508 e. The quantitative estimate of drug-likeness (QED) is 0.601. The summed E-state index contributed by atoms with van der Waals surface area (Å²) in [5, 5.41) is 8.29. The highest BCUT2D eigenvalue weighted by molar-refractivity contribution is 5.30. The van der Waals surface area contributed by atoms with E-state index in [-0.39, 0.29) is 0 Å². The zero-order valence-electron chi connectivity index (χ0n) is 6.13. The van der Waals surface area contributed by atoms with Crippen molar-refractivity contribution in [3.05, 3.63) is 24.3 Å². The molecule has 0 saturated heterocycles. The summed E-state index contributed by atoms with van der Waals surface area (Å²) in [5.74, 6) is 0.731. The predicted octanol–water partition coefficient (Wildman–Crippen LogP) is 1.10. The lowest BCUT2D eigenvalue weighted by molar-refractivity contribution is 0.450. The van der Waals surface area contributed by atoms with Gasteiger partial charge >= 0.3 is 0 Å². The van der Waals surface area contributed by atoms with Crippen LogP contribution in [0, 0.1) is 0 Å². The molecule has 0 bridgehead atoms. The van der Waals surface area contributed by atoms with E-state index in [1.807, 2.05) is 0 Å². The maximum absolute atomic E-state index is 6.50. The zero-order valence-corrected chi connectivity index (χ0v) is 4.13. The van der Waals surface area contributed by atoms with E-state index in [0.29, 0.717) is 11.5 Å². The molecule has 0 amide bonds. The molecule has 0 aliphatic carbocycles. The van der Waals surface area contributed by atoms with Crippen LogP contribution in [0.25, 0.3) is 0 Å². The van der Waals surface area contributed by atoms with Gasteiger partial charge in [0.2, 0.25) is 0 Å². The molecule has 0 radical (unpaired) electrons. The summed E-state index contributed by atoms with van der Waals surface area (Å²) in [5.41, 5.74) is 0. The highest BCUT2D eigenvalue weighted by Crippen LogP contribution is 2.14. The number of rotatable bonds is 2. The maximum Gasteiger partial charge on any atom is 0.293 e. The first-order chi connectivity index (χ1) is 4.86. The van der Waals surface area contributed by atoms with E-state index in [0.717, 1.165) is 0 Å². The molecule has 1 aromatic carbocycles. The van der Waals surface area contributed by atoms with Crippen LogP contribution in [-0.2, 0) is 0 Å². The van der Waals surface area contributed by atoms with Crippen LogP contribution in [0.3, 0.4) is 0 Å². The number of hydrogen-bond donors (Lipinski definition) is 2. The van der Waals surface area contributed by atoms with Crippen LogP contribution >= 0.6 is 0 Å². The molecule has 0 aliphatic rings. The number of phenols is 2. The van der Waals surface area contributed by atoms with Gasteiger partial charge in [-0.2, -0.15) is 0 Å². The Balaban J connectivity index is 2.87. The second kappa shape index (κ2) is 1.74. The SMILES string of the molecule is [2H]Oc1cccc(O[2H])c1. The third-order valence-corrected chi connectivity index (χ3v) is 0.806. The Bertz CT molecular complexity index is 195. The summed E-state index contributed by atoms with van der Waals surface area (Å²) in [6, 6.07) is 6.32. The molecule has 0 fully saturated rings. The fourth-order valence-electron chi connectivity index (χ4n) is 0.474. The predicted molar refractivity (Wildman–Crippen MR) is 29.8 cm³/mol. The number of benzene rings is 1. The molecule has 2 heteroatoms. The van der Waals surface area contributed by atoms with E-state index in [2.05, 4.69) is 10.2 Å². The second-order valence-electron chi connectivity index (χ2n) is 1.47. The van der Waals surface area contributed by atoms with E-state index >= 15 is 0 Å². The Morgan fingerprint density at radius 3 is 2.38 bits per heavy atom. The van der Waals surface area contributed by atoms with Gasteiger partial charge in [0.15, 0.2) is 0 Å². The highest BCUT2D eigenvalue weighted by atomic mass is 16.3. The molecular weight excluding hydrogens is 104 g/mol. The molecule has 1 aromatic rings. The number of hydrogen-bond acceptors (Lipinski definition) is 2. The normalized spacial score (nSPS) is 11.5. The minimum absolute atomic E-state index is 0.366. The Morgan fingerprint density at radius 1 is 1.25 bits per heavy atom. The van der Waals surface area contributed by atoms with Gasteiger partial charge in [0.25, 0.3) is 2.86 Å². The summed E-state index contributed by atoms with van der Waals surface area (Å²) >= 11 is 0. The highest BCUT2D eigenvalue weighted by Gasteiger charge is 1.85. The fourth-order valence-corrected chi connectivity index (χ4v) is 0.474. The summed E-state index contributed by atoms with van der Waals surface area (Å²) in [6.07, 6.45) is 0. The van der Waals surface area contributed by atoms with Crippen molar-refractivity contribution in [1.82, 2.24) is 0 Å². The zero-order chi connectivity index (χ0) is 7.40. The Labute approximate surface area is 50.0 Å². The van der Waals surface area contributed by atoms with Crippen LogP contribution in [0.5, 0.6) is 11.5 Å². The molecule has 0 spiro atoms. The summed E-state index contributed by atoms with van der Waals surface area (Å²) in [7, 11) is 0. The van der Waals surface area contributed by atoms with Gasteiger partial charge in [-0.3, -0.25) is 0 Å². The van der Waals surface area contributed by atoms with Crippen molar-refractivity contribution in [1.29, 1.82) is 2.86 Å². The maximum atomic E-state index is 6.50. The molecule has 0 atom stereocenters. The van der Waals surface area contributed by atoms with E-state index in [4.69, 9.17) is 2.86 Å². The average molecular weight is 112 g/mol. The van der Waals surface area contributed by atoms with E-state index < -0.39 is 0 Å². The Hall–Kier alpha value is -1.18. The summed E-state index contributed by atoms with van der Waals surface area (Å²) in [6.45, 7) is 0. The molecular formula is C6H6O2. The van der Waals surface area contributed by atoms with E-state index in [1.165, 1.54) is 6.07 Å². The first kappa shape index (κ1) is 2.97. The van der Waals surface area contributed by atoms with Gasteiger partial charge in [-0.1, -0.05) is 6.07 Å². The van der Waals surface area contributed by atoms with Gasteiger partial charge in [0, 0.05) is 6.07 Å². The van der Waals surface area contributed by atoms with Crippen LogP contribution in [0.4, 0.5) is 0 Å². The van der Waals surface area contributed by atoms with Crippen molar-refractivity contribution >= 4 is 0 Å². The smallest absolute Gasteiger partial charge is 0.293 e. The second-order valence-corrected chi connectivity index (χ2v) is 1.47. The van der Waals surface area contributed by atoms with Gasteiger partial charge in [-0.15, -0.1) is 0 Å². The first-order valence-electron chi connectivity index (χ1n) is 3.05. The minimum atomic E-state index is 0.366. The van der Waals surface area contributed by atoms with Crippen LogP contribution < -0.4 is 0 Å². The monoisotopic (exact) mass is 112 g/mol. The van der Waals surface area contributed by atoms with Crippen molar-refractivity contribution < 1.29 is 10.2 Å². The van der Waals surface area contributed by atoms with Crippen LogP contribution in [0.15, 0.2) is 24.3 Å². The summed E-state index contributed by atoms with van der Waals surface area (Å²) < 4.78 is 13.0. The molecule has 2 nitrogen and oxygen atoms in total. The Morgan fingerprint density at radius 2 is 1.88 bits per heavy atom. The molecule has 8 heavy (non-hydrogen) atoms. The third-order valence-electron chi connectivity index (χ3n) is 0.806. The van der Waals surface area contributed by atoms with Gasteiger partial charge in [0.1, 0.15) is 11.5 Å². The van der Waals surface area contributed by atoms with Gasteiger partial charge < -0.3 is 10.2 Å². The standard InChI is InChI=1S/C6H6O2/c7-5-2-1-3-6(8)4-5/h1-4,7-8H/i/hD2. The molecule has 42 valence electrons. The van der Waals surface area contributed by atoms with Gasteiger partial charge in [0.05, 0.1) is 0 Å². The number of aromatic hydroxyl groups is 2. The fraction of sp³-hybridized carbons (Fsp3) is 0. The molecule has 0 saturated carbocycles. The molecule has 0 unspecified atom stereocenters. The van der Waals surface area contributed by atoms with Crippen molar-refractivity contribution in [3.8, 4) is 11.5 Å². The summed E-state index contributed by atoms with van der Waals surface area (Å²) in [4.78, 5) is 0. The molecule has 0 aliphatic heterocycles.